The fourth-order valence-electron chi connectivity index (χ4n) is 5.55. The van der Waals surface area contributed by atoms with Crippen LogP contribution in [0.15, 0.2) is 37.6 Å². The van der Waals surface area contributed by atoms with Crippen LogP contribution in [0, 0.1) is 73.0 Å². The number of primary amides is 1. The summed E-state index contributed by atoms with van der Waals surface area (Å²) < 4.78 is 62.3. The van der Waals surface area contributed by atoms with Gasteiger partial charge in [-0.2, -0.15) is 0 Å². The number of halogens is 2. The number of carbonyl (C=O) groups is 9. The molecule has 1 fully saturated rings. The third-order valence-corrected chi connectivity index (χ3v) is 17.8. The molecule has 0 bridgehead atoms. The number of ketones is 5. The van der Waals surface area contributed by atoms with Gasteiger partial charge >= 0.3 is 5.97 Å². The molecule has 0 atom stereocenters. The van der Waals surface area contributed by atoms with E-state index in [-0.39, 0.29) is 82.1 Å². The predicted octanol–water partition coefficient (Wildman–Crippen LogP) is 18.6. The first-order valence-corrected chi connectivity index (χ1v) is 42.7. The summed E-state index contributed by atoms with van der Waals surface area (Å²) in [6.07, 6.45) is 6.08. The number of nitrogens with one attached hydrogen (secondary N) is 1. The molecule has 1 aliphatic carbocycles. The zero-order valence-corrected chi connectivity index (χ0v) is 79.8. The Kier molecular flexibility index (Phi) is 80.3. The normalized spacial score (nSPS) is 10.8. The fourth-order valence-corrected chi connectivity index (χ4v) is 6.82. The summed E-state index contributed by atoms with van der Waals surface area (Å²) in [4.78, 5) is 95.4. The molecule has 3 N–H and O–H groups in total. The third kappa shape index (κ3) is 81.2. The largest absolute Gasteiger partial charge is 0.469 e. The summed E-state index contributed by atoms with van der Waals surface area (Å²) in [5.74, 6) is 5.72. The average molecular weight is 1680 g/mol. The summed E-state index contributed by atoms with van der Waals surface area (Å²) in [5.41, 5.74) is 7.57. The van der Waals surface area contributed by atoms with E-state index in [0.29, 0.717) is 77.0 Å². The number of rotatable bonds is 20. The molecule has 6 rings (SSSR count). The molecule has 114 heavy (non-hydrogen) atoms. The smallest absolute Gasteiger partial charge is 0.308 e. The maximum Gasteiger partial charge on any atom is 0.308 e. The molecule has 32 heteroatoms. The number of alkyl halides is 2. The molecule has 0 aliphatic heterocycles. The van der Waals surface area contributed by atoms with Crippen molar-refractivity contribution in [3.8, 4) is 0 Å². The van der Waals surface area contributed by atoms with Crippen molar-refractivity contribution in [2.45, 2.75) is 316 Å². The molecule has 1 aliphatic rings. The van der Waals surface area contributed by atoms with Gasteiger partial charge < -0.3 is 34.0 Å². The maximum absolute atomic E-state index is 11.3. The van der Waals surface area contributed by atoms with Gasteiger partial charge in [-0.15, -0.1) is 63.5 Å². The average Bonchev–Trinajstić information content (AvgIpc) is 1.74. The first-order valence-electron chi connectivity index (χ1n) is 39.0. The van der Waals surface area contributed by atoms with Crippen LogP contribution in [0.5, 0.6) is 0 Å². The molecule has 0 saturated heterocycles. The van der Waals surface area contributed by atoms with E-state index in [9.17, 15) is 60.3 Å². The number of methoxy groups -OCH3 is 1. The van der Waals surface area contributed by atoms with Gasteiger partial charge in [0.05, 0.1) is 24.0 Å². The van der Waals surface area contributed by atoms with E-state index in [0.717, 1.165) is 46.4 Å². The van der Waals surface area contributed by atoms with Crippen LogP contribution in [-0.2, 0) is 57.7 Å². The van der Waals surface area contributed by atoms with E-state index >= 15 is 0 Å². The van der Waals surface area contributed by atoms with Gasteiger partial charge in [-0.1, -0.05) is 213 Å². The first kappa shape index (κ1) is 125. The van der Waals surface area contributed by atoms with Crippen LogP contribution < -0.4 is 11.1 Å². The quantitative estimate of drug-likeness (QED) is 0.0683. The Morgan fingerprint density at radius 1 is 0.596 bits per heavy atom. The SMILES string of the molecule is CC(=O)C(C)C.CC(C)C(=O)C(F)F.CC(C)C(=O)C1CC1.CC(C)C(=O)N(C)C.CC(C)C(N)=O.CC(C)S(C)(=O)=O.CC(C)c1ccon1.CC(C)c1nnco1.CC(C)c1nncs1.CCC(=O)C(C)C.CCCC(=O)C(C)C.CNC(=O)C(C)C.COC(=O)C(C)C.Cc1nnc(C(C)C)o1.Cc1nnc(C(C)C)s1. The number of amides is 3. The fraction of sp³-hybridized carbons (Fsp3) is 0.756. The molecule has 0 radical (unpaired) electrons. The van der Waals surface area contributed by atoms with Crippen LogP contribution in [0.1, 0.15) is 329 Å². The number of Topliss-reactive ketones (excluding diaryl/α,β-unsaturated/α-hetero) is 5. The summed E-state index contributed by atoms with van der Waals surface area (Å²) in [6.45, 7) is 66.3. The molecule has 0 spiro atoms. The lowest BCUT2D eigenvalue weighted by atomic mass is 10.1. The predicted molar refractivity (Wildman–Crippen MR) is 457 cm³/mol. The number of esters is 1. The molecule has 5 aromatic heterocycles. The third-order valence-electron chi connectivity index (χ3n) is 13.9. The number of nitrogens with zero attached hydrogens (tertiary/aromatic N) is 10. The lowest BCUT2D eigenvalue weighted by molar-refractivity contribution is -0.144. The second-order valence-corrected chi connectivity index (χ2v) is 35.3. The van der Waals surface area contributed by atoms with Crippen LogP contribution >= 0.6 is 22.7 Å². The van der Waals surface area contributed by atoms with Gasteiger partial charge in [0.15, 0.2) is 0 Å². The minimum absolute atomic E-state index is 0.00463. The van der Waals surface area contributed by atoms with Gasteiger partial charge in [0.25, 0.3) is 6.43 Å². The zero-order valence-electron chi connectivity index (χ0n) is 77.3. The van der Waals surface area contributed by atoms with Crippen molar-refractivity contribution >= 4 is 85.1 Å². The Hall–Kier alpha value is -7.35. The van der Waals surface area contributed by atoms with Crippen molar-refractivity contribution in [3.05, 3.63) is 62.6 Å². The van der Waals surface area contributed by atoms with Crippen LogP contribution in [-0.4, -0.2) is 158 Å². The number of hydrogen-bond acceptors (Lipinski definition) is 26. The summed E-state index contributed by atoms with van der Waals surface area (Å²) in [7, 11) is 3.82. The topological polar surface area (TPSA) is 394 Å². The van der Waals surface area contributed by atoms with Crippen LogP contribution in [0.4, 0.5) is 8.78 Å². The molecule has 0 aromatic carbocycles. The molecular formula is C82H154F2N12O15S3. The summed E-state index contributed by atoms with van der Waals surface area (Å²) in [5, 5.41) is 39.6. The number of sulfone groups is 1. The molecule has 27 nitrogen and oxygen atoms in total. The highest BCUT2D eigenvalue weighted by molar-refractivity contribution is 7.91. The number of aromatic nitrogens is 9. The number of aryl methyl sites for hydroxylation is 2. The monoisotopic (exact) mass is 1680 g/mol. The highest BCUT2D eigenvalue weighted by Crippen LogP contribution is 2.32. The Balaban J connectivity index is -0.000000148. The van der Waals surface area contributed by atoms with Crippen LogP contribution in [0.2, 0.25) is 0 Å². The van der Waals surface area contributed by atoms with E-state index < -0.39 is 28.0 Å². The van der Waals surface area contributed by atoms with Crippen LogP contribution in [0.25, 0.3) is 0 Å². The van der Waals surface area contributed by atoms with Gasteiger partial charge in [0, 0.05) is 130 Å². The van der Waals surface area contributed by atoms with E-state index in [1.807, 2.05) is 138 Å². The van der Waals surface area contributed by atoms with E-state index in [4.69, 9.17) is 14.6 Å². The lowest BCUT2D eigenvalue weighted by Crippen LogP contribution is -2.26. The highest BCUT2D eigenvalue weighted by atomic mass is 32.2. The summed E-state index contributed by atoms with van der Waals surface area (Å²) >= 11 is 3.28. The van der Waals surface area contributed by atoms with Crippen molar-refractivity contribution in [2.75, 3.05) is 34.5 Å². The Morgan fingerprint density at radius 2 is 1.06 bits per heavy atom. The first-order chi connectivity index (χ1) is 52.1. The number of carbonyl (C=O) groups excluding carboxylic acids is 9. The highest BCUT2D eigenvalue weighted by Gasteiger charge is 2.30. The van der Waals surface area contributed by atoms with Gasteiger partial charge in [-0.05, 0) is 52.9 Å². The maximum atomic E-state index is 11.3. The molecule has 1 saturated carbocycles. The van der Waals surface area contributed by atoms with Crippen LogP contribution in [0.3, 0.4) is 0 Å². The number of hydrogen-bond donors (Lipinski definition) is 2. The molecule has 3 amide bonds. The van der Waals surface area contributed by atoms with E-state index in [1.54, 1.807) is 116 Å². The molecule has 664 valence electrons. The minimum Gasteiger partial charge on any atom is -0.469 e. The lowest BCUT2D eigenvalue weighted by Gasteiger charge is -2.11. The Bertz CT molecular complexity index is 3030. The van der Waals surface area contributed by atoms with Crippen molar-refractivity contribution in [1.82, 2.24) is 56.2 Å². The van der Waals surface area contributed by atoms with E-state index in [1.165, 1.54) is 33.6 Å². The van der Waals surface area contributed by atoms with Gasteiger partial charge in [-0.25, -0.2) is 17.2 Å². The molecular weight excluding hydrogens is 1530 g/mol. The van der Waals surface area contributed by atoms with Crippen molar-refractivity contribution < 1.29 is 78.4 Å². The second kappa shape index (κ2) is 73.3. The van der Waals surface area contributed by atoms with E-state index in [2.05, 4.69) is 102 Å². The Morgan fingerprint density at radius 3 is 1.17 bits per heavy atom. The van der Waals surface area contributed by atoms with Gasteiger partial charge in [-0.3, -0.25) is 43.2 Å². The van der Waals surface area contributed by atoms with Gasteiger partial charge in [0.2, 0.25) is 47.6 Å². The second-order valence-electron chi connectivity index (χ2n) is 30.6. The van der Waals surface area contributed by atoms with Crippen molar-refractivity contribution in [3.63, 3.8) is 0 Å². The van der Waals surface area contributed by atoms with Gasteiger partial charge in [0.1, 0.15) is 59.8 Å². The zero-order chi connectivity index (χ0) is 91.8. The summed E-state index contributed by atoms with van der Waals surface area (Å²) in [6, 6.07) is 1.88. The van der Waals surface area contributed by atoms with Crippen molar-refractivity contribution in [2.24, 2.45) is 64.9 Å². The van der Waals surface area contributed by atoms with Crippen molar-refractivity contribution in [1.29, 1.82) is 0 Å². The number of nitrogens with two attached hydrogens (primary N) is 1. The standard InChI is InChI=1S/C7H12O.C7H14O.C6H10N2O.C6H10N2S.C6H9NO.C6H13NO.C6H12O.C5H8F2O.C5H8N2O.C5H8N2S.C5H11NO.C5H10O2.C5H10O.C4H9NO.C4H10O2S/c1-5(2)7(8)6-3-4-6;1-4-5-7(8)6(2)3;2*1-4(2)6-8-7-5(3)9-6;1-5(2)6-3-4-8-7-6;1-5(2)6(8)7(3)4;1-4-6(7)5(2)3;1-3(2)4(8)5(6)7;2*1-4(2)5-7-6-3-8-5;1-4(2)5(7)6-3;1-4(2)5(6)7-3;1-4(2)5(3)6;1-3(2)4(5)6;1-4(2)7(3,5)6/h5-6H,3-4H2,1-2H3;6H,4-5H2,1-3H3;2*4H,1-3H3;3-5H,1-2H3;5H,1-4H3;5H,4H2,1-3H3;3,5H,1-2H3;2*3-4H,1-2H3;4H,1-3H3,(H,6,7);4H,1-3H3;4H,1-3H3;3H,1-2H3,(H2,5,6);4H,1-3H3. The molecule has 5 heterocycles. The molecule has 5 aromatic rings. The number of ether oxygens (including phenoxy) is 1. The molecule has 0 unspecified atom stereocenters. The minimum atomic E-state index is -2.80. The Labute approximate surface area is 693 Å².